The van der Waals surface area contributed by atoms with Gasteiger partial charge in [-0.15, -0.1) is 0 Å². The molecule has 272 valence electrons. The number of aromatic nitrogens is 2. The lowest BCUT2D eigenvalue weighted by molar-refractivity contribution is 0.479. The molecule has 0 fully saturated rings. The number of hydrogen-bond donors (Lipinski definition) is 2. The molecule has 2 N–H and O–H groups in total. The van der Waals surface area contributed by atoms with Crippen LogP contribution in [0.5, 0.6) is 11.5 Å². The van der Waals surface area contributed by atoms with Gasteiger partial charge in [-0.3, -0.25) is 4.57 Å². The molecule has 0 atom stereocenters. The molecule has 9 rings (SSSR count). The number of rotatable bonds is 7. The minimum absolute atomic E-state index is 0.00609. The van der Waals surface area contributed by atoms with Crippen LogP contribution in [0, 0.1) is 0 Å². The van der Waals surface area contributed by atoms with Gasteiger partial charge < -0.3 is 19.8 Å². The van der Waals surface area contributed by atoms with Crippen LogP contribution in [0.1, 0.15) is 52.7 Å². The van der Waals surface area contributed by atoms with Gasteiger partial charge in [0.05, 0.1) is 33.5 Å². The predicted molar refractivity (Wildman–Crippen MR) is 229 cm³/mol. The van der Waals surface area contributed by atoms with Crippen LogP contribution in [-0.2, 0) is 10.8 Å². The second kappa shape index (κ2) is 13.1. The van der Waals surface area contributed by atoms with Gasteiger partial charge in [-0.05, 0) is 94.8 Å². The molecular formula is C49H44N4O2. The van der Waals surface area contributed by atoms with Crippen molar-refractivity contribution in [1.82, 2.24) is 9.55 Å². The van der Waals surface area contributed by atoms with Crippen LogP contribution in [0.3, 0.4) is 0 Å². The first-order chi connectivity index (χ1) is 26.5. The molecule has 3 aromatic heterocycles. The van der Waals surface area contributed by atoms with Crippen molar-refractivity contribution in [2.24, 2.45) is 0 Å². The number of benzene rings is 6. The number of ether oxygens (including phenoxy) is 1. The highest BCUT2D eigenvalue weighted by atomic mass is 16.5. The van der Waals surface area contributed by atoms with Crippen molar-refractivity contribution in [3.63, 3.8) is 0 Å². The zero-order valence-electron chi connectivity index (χ0n) is 32.1. The molecule has 0 saturated carbocycles. The molecule has 0 radical (unpaired) electrons. The molecule has 3 heterocycles. The fourth-order valence-electron chi connectivity index (χ4n) is 7.45. The van der Waals surface area contributed by atoms with Crippen LogP contribution >= 0.6 is 0 Å². The van der Waals surface area contributed by atoms with Crippen molar-refractivity contribution in [2.75, 3.05) is 10.6 Å². The smallest absolute Gasteiger partial charge is 0.137 e. The Hall–Kier alpha value is -6.53. The van der Waals surface area contributed by atoms with Crippen molar-refractivity contribution in [3.8, 4) is 17.3 Å². The van der Waals surface area contributed by atoms with Crippen LogP contribution in [0.15, 0.2) is 150 Å². The first kappa shape index (κ1) is 34.3. The Morgan fingerprint density at radius 3 is 2.00 bits per heavy atom. The van der Waals surface area contributed by atoms with Gasteiger partial charge in [0.1, 0.15) is 28.5 Å². The zero-order valence-corrected chi connectivity index (χ0v) is 32.1. The molecular weight excluding hydrogens is 677 g/mol. The number of nitrogens with zero attached hydrogens (tertiary/aromatic N) is 2. The second-order valence-corrected chi connectivity index (χ2v) is 16.4. The Labute approximate surface area is 321 Å². The third-order valence-corrected chi connectivity index (χ3v) is 10.4. The maximum absolute atomic E-state index is 6.77. The summed E-state index contributed by atoms with van der Waals surface area (Å²) >= 11 is 0. The summed E-state index contributed by atoms with van der Waals surface area (Å²) in [6.45, 7) is 13.4. The Bertz CT molecular complexity index is 2890. The van der Waals surface area contributed by atoms with E-state index in [9.17, 15) is 0 Å². The molecule has 0 bridgehead atoms. The van der Waals surface area contributed by atoms with Crippen LogP contribution in [0.25, 0.3) is 49.6 Å². The highest BCUT2D eigenvalue weighted by Crippen LogP contribution is 2.40. The number of fused-ring (bicyclic) bond motifs is 6. The Kier molecular flexibility index (Phi) is 8.16. The van der Waals surface area contributed by atoms with E-state index in [1.807, 2.05) is 48.7 Å². The number of anilines is 4. The topological polar surface area (TPSA) is 64.2 Å². The van der Waals surface area contributed by atoms with E-state index in [0.29, 0.717) is 0 Å². The second-order valence-electron chi connectivity index (χ2n) is 16.4. The van der Waals surface area contributed by atoms with E-state index in [4.69, 9.17) is 14.1 Å². The van der Waals surface area contributed by atoms with Gasteiger partial charge in [0.25, 0.3) is 0 Å². The summed E-state index contributed by atoms with van der Waals surface area (Å²) in [5, 5.41) is 11.9. The first-order valence-corrected chi connectivity index (χ1v) is 18.9. The van der Waals surface area contributed by atoms with E-state index >= 15 is 0 Å². The molecule has 6 aromatic carbocycles. The molecule has 9 aromatic rings. The molecule has 0 aliphatic rings. The Morgan fingerprint density at radius 2 is 1.20 bits per heavy atom. The fourth-order valence-corrected chi connectivity index (χ4v) is 7.45. The van der Waals surface area contributed by atoms with Crippen LogP contribution in [-0.4, -0.2) is 9.55 Å². The standard InChI is InChI=1S/C49H44N4O2/c1-48(2,3)31-24-25-50-46(28-31)53-42-19-11-7-14-36(42)37-23-22-34(30-43(37)53)54-35-27-32(49(4,5)6)26-33(29-35)51-39-16-9-10-17-40(39)52-41-18-13-21-45-47(41)38-15-8-12-20-44(38)55-45/h7-30,51-52H,1-6H3. The van der Waals surface area contributed by atoms with Crippen LogP contribution < -0.4 is 15.4 Å². The number of hydrogen-bond acceptors (Lipinski definition) is 5. The normalized spacial score (nSPS) is 12.2. The third kappa shape index (κ3) is 6.44. The van der Waals surface area contributed by atoms with Gasteiger partial charge in [-0.1, -0.05) is 96.1 Å². The summed E-state index contributed by atoms with van der Waals surface area (Å²) in [5.74, 6) is 2.40. The Balaban J connectivity index is 1.09. The lowest BCUT2D eigenvalue weighted by Crippen LogP contribution is -2.12. The van der Waals surface area contributed by atoms with E-state index in [0.717, 1.165) is 84.0 Å². The first-order valence-electron chi connectivity index (χ1n) is 18.9. The van der Waals surface area contributed by atoms with Crippen molar-refractivity contribution >= 4 is 66.5 Å². The van der Waals surface area contributed by atoms with Gasteiger partial charge in [-0.2, -0.15) is 0 Å². The van der Waals surface area contributed by atoms with Crippen molar-refractivity contribution in [3.05, 3.63) is 157 Å². The summed E-state index contributed by atoms with van der Waals surface area (Å²) in [5.41, 5.74) is 9.96. The minimum atomic E-state index is -0.119. The lowest BCUT2D eigenvalue weighted by Gasteiger charge is -2.22. The monoisotopic (exact) mass is 720 g/mol. The van der Waals surface area contributed by atoms with Crippen LogP contribution in [0.2, 0.25) is 0 Å². The summed E-state index contributed by atoms with van der Waals surface area (Å²) < 4.78 is 15.2. The maximum Gasteiger partial charge on any atom is 0.137 e. The van der Waals surface area contributed by atoms with Gasteiger partial charge in [0, 0.05) is 40.2 Å². The SMILES string of the molecule is CC(C)(C)c1cc(Nc2ccccc2Nc2cccc3oc4ccccc4c23)cc(Oc2ccc3c4ccccc4n(-c4cc(C(C)(C)C)ccn4)c3c2)c1. The summed E-state index contributed by atoms with van der Waals surface area (Å²) in [6.07, 6.45) is 1.91. The molecule has 0 amide bonds. The number of pyridine rings is 1. The largest absolute Gasteiger partial charge is 0.457 e. The third-order valence-electron chi connectivity index (χ3n) is 10.4. The molecule has 6 heteroatoms. The quantitative estimate of drug-likeness (QED) is 0.172. The summed E-state index contributed by atoms with van der Waals surface area (Å²) in [6, 6.07) is 48.2. The van der Waals surface area contributed by atoms with Crippen molar-refractivity contribution in [1.29, 1.82) is 0 Å². The number of para-hydroxylation sites is 4. The van der Waals surface area contributed by atoms with E-state index in [1.54, 1.807) is 0 Å². The highest BCUT2D eigenvalue weighted by molar-refractivity contribution is 6.12. The fraction of sp³-hybridized carbons (Fsp3) is 0.163. The van der Waals surface area contributed by atoms with Gasteiger partial charge >= 0.3 is 0 Å². The van der Waals surface area contributed by atoms with E-state index in [1.165, 1.54) is 10.9 Å². The van der Waals surface area contributed by atoms with Gasteiger partial charge in [-0.25, -0.2) is 4.98 Å². The molecule has 0 unspecified atom stereocenters. The maximum atomic E-state index is 6.77. The molecule has 0 aliphatic carbocycles. The minimum Gasteiger partial charge on any atom is -0.457 e. The van der Waals surface area contributed by atoms with Crippen LogP contribution in [0.4, 0.5) is 22.7 Å². The van der Waals surface area contributed by atoms with Gasteiger partial charge in [0.15, 0.2) is 0 Å². The summed E-state index contributed by atoms with van der Waals surface area (Å²) in [4.78, 5) is 4.86. The van der Waals surface area contributed by atoms with E-state index < -0.39 is 0 Å². The number of furan rings is 1. The zero-order chi connectivity index (χ0) is 37.9. The van der Waals surface area contributed by atoms with Crippen molar-refractivity contribution < 1.29 is 9.15 Å². The van der Waals surface area contributed by atoms with E-state index in [-0.39, 0.29) is 10.8 Å². The summed E-state index contributed by atoms with van der Waals surface area (Å²) in [7, 11) is 0. The predicted octanol–water partition coefficient (Wildman–Crippen LogP) is 14.0. The molecule has 0 aliphatic heterocycles. The molecule has 6 nitrogen and oxygen atoms in total. The molecule has 0 spiro atoms. The van der Waals surface area contributed by atoms with Crippen molar-refractivity contribution in [2.45, 2.75) is 52.4 Å². The van der Waals surface area contributed by atoms with E-state index in [2.05, 4.69) is 154 Å². The average molecular weight is 721 g/mol. The lowest BCUT2D eigenvalue weighted by atomic mass is 9.86. The van der Waals surface area contributed by atoms with Gasteiger partial charge in [0.2, 0.25) is 0 Å². The number of nitrogens with one attached hydrogen (secondary N) is 2. The average Bonchev–Trinajstić information content (AvgIpc) is 3.71. The molecule has 55 heavy (non-hydrogen) atoms. The Morgan fingerprint density at radius 1 is 0.527 bits per heavy atom. The highest BCUT2D eigenvalue weighted by Gasteiger charge is 2.20. The molecule has 0 saturated heterocycles.